The zero-order chi connectivity index (χ0) is 10.4. The van der Waals surface area contributed by atoms with Crippen LogP contribution in [0.15, 0.2) is 10.6 Å². The van der Waals surface area contributed by atoms with Crippen molar-refractivity contribution in [2.24, 2.45) is 0 Å². The van der Waals surface area contributed by atoms with Crippen molar-refractivity contribution >= 4 is 5.88 Å². The molecule has 0 atom stereocenters. The average molecular weight is 196 g/mol. The van der Waals surface area contributed by atoms with Crippen molar-refractivity contribution in [1.82, 2.24) is 5.16 Å². The van der Waals surface area contributed by atoms with Gasteiger partial charge < -0.3 is 9.84 Å². The molecular weight excluding hydrogens is 176 g/mol. The molecule has 0 aromatic carbocycles. The third kappa shape index (κ3) is 2.76. The number of hydrogen-bond donors (Lipinski definition) is 1. The molecule has 80 valence electrons. The molecule has 0 saturated carbocycles. The summed E-state index contributed by atoms with van der Waals surface area (Å²) in [4.78, 5) is 0. The maximum atomic E-state index is 5.13. The van der Waals surface area contributed by atoms with E-state index in [0.717, 1.165) is 11.6 Å². The number of nitrogens with zero attached hydrogens (tertiary/aromatic N) is 1. The fraction of sp³-hybridized carbons (Fsp3) is 0.727. The Kier molecular flexibility index (Phi) is 4.50. The zero-order valence-electron chi connectivity index (χ0n) is 9.34. The summed E-state index contributed by atoms with van der Waals surface area (Å²) in [6.45, 7) is 4.42. The lowest BCUT2D eigenvalue weighted by Crippen LogP contribution is -1.98. The van der Waals surface area contributed by atoms with E-state index in [9.17, 15) is 0 Å². The topological polar surface area (TPSA) is 38.1 Å². The van der Waals surface area contributed by atoms with Crippen molar-refractivity contribution in [3.63, 3.8) is 0 Å². The van der Waals surface area contributed by atoms with Crippen LogP contribution in [0.2, 0.25) is 0 Å². The molecule has 3 heteroatoms. The first-order chi connectivity index (χ1) is 6.81. The summed E-state index contributed by atoms with van der Waals surface area (Å²) in [6.07, 6.45) is 4.80. The van der Waals surface area contributed by atoms with Gasteiger partial charge in [-0.15, -0.1) is 0 Å². The molecule has 0 radical (unpaired) electrons. The van der Waals surface area contributed by atoms with Gasteiger partial charge in [0.15, 0.2) is 0 Å². The predicted octanol–water partition coefficient (Wildman–Crippen LogP) is 3.40. The SMILES string of the molecule is CCCC(CCC)c1cc(NC)on1. The Morgan fingerprint density at radius 3 is 2.43 bits per heavy atom. The summed E-state index contributed by atoms with van der Waals surface area (Å²) >= 11 is 0. The maximum Gasteiger partial charge on any atom is 0.224 e. The third-order valence-corrected chi connectivity index (χ3v) is 2.47. The van der Waals surface area contributed by atoms with Crippen molar-refractivity contribution in [3.8, 4) is 0 Å². The quantitative estimate of drug-likeness (QED) is 0.757. The van der Waals surface area contributed by atoms with E-state index in [-0.39, 0.29) is 0 Å². The lowest BCUT2D eigenvalue weighted by Gasteiger charge is -2.10. The molecule has 0 aliphatic heterocycles. The van der Waals surface area contributed by atoms with Crippen LogP contribution in [-0.2, 0) is 0 Å². The molecule has 0 aliphatic rings. The number of aromatic nitrogens is 1. The van der Waals surface area contributed by atoms with E-state index >= 15 is 0 Å². The summed E-state index contributed by atoms with van der Waals surface area (Å²) in [5.74, 6) is 1.33. The smallest absolute Gasteiger partial charge is 0.224 e. The highest BCUT2D eigenvalue weighted by atomic mass is 16.5. The Hall–Kier alpha value is -0.990. The summed E-state index contributed by atoms with van der Waals surface area (Å²) in [5, 5.41) is 7.04. The summed E-state index contributed by atoms with van der Waals surface area (Å²) in [6, 6.07) is 2.01. The molecule has 0 aliphatic carbocycles. The molecule has 0 unspecified atom stereocenters. The van der Waals surface area contributed by atoms with Gasteiger partial charge in [-0.3, -0.25) is 0 Å². The minimum Gasteiger partial charge on any atom is -0.357 e. The van der Waals surface area contributed by atoms with E-state index in [1.165, 1.54) is 25.7 Å². The van der Waals surface area contributed by atoms with E-state index in [4.69, 9.17) is 4.52 Å². The largest absolute Gasteiger partial charge is 0.357 e. The molecular formula is C11H20N2O. The van der Waals surface area contributed by atoms with Gasteiger partial charge in [-0.05, 0) is 12.8 Å². The Morgan fingerprint density at radius 1 is 1.36 bits per heavy atom. The predicted molar refractivity (Wildman–Crippen MR) is 58.6 cm³/mol. The molecule has 0 spiro atoms. The van der Waals surface area contributed by atoms with Gasteiger partial charge in [0.25, 0.3) is 0 Å². The number of anilines is 1. The number of nitrogens with one attached hydrogen (secondary N) is 1. The minimum atomic E-state index is 0.566. The molecule has 1 aromatic heterocycles. The molecule has 0 saturated heterocycles. The number of rotatable bonds is 6. The van der Waals surface area contributed by atoms with Crippen LogP contribution in [0.5, 0.6) is 0 Å². The molecule has 1 aromatic rings. The van der Waals surface area contributed by atoms with Crippen molar-refractivity contribution < 1.29 is 4.52 Å². The van der Waals surface area contributed by atoms with E-state index in [2.05, 4.69) is 24.3 Å². The van der Waals surface area contributed by atoms with Gasteiger partial charge in [0.05, 0.1) is 5.69 Å². The van der Waals surface area contributed by atoms with Crippen molar-refractivity contribution in [2.75, 3.05) is 12.4 Å². The summed E-state index contributed by atoms with van der Waals surface area (Å²) < 4.78 is 5.13. The Bertz CT molecular complexity index is 252. The van der Waals surface area contributed by atoms with E-state index in [1.54, 1.807) is 0 Å². The highest BCUT2D eigenvalue weighted by Gasteiger charge is 2.14. The first kappa shape index (κ1) is 11.1. The Labute approximate surface area is 85.9 Å². The van der Waals surface area contributed by atoms with Gasteiger partial charge in [0.1, 0.15) is 0 Å². The van der Waals surface area contributed by atoms with Crippen LogP contribution in [0.4, 0.5) is 5.88 Å². The lowest BCUT2D eigenvalue weighted by molar-refractivity contribution is 0.409. The third-order valence-electron chi connectivity index (χ3n) is 2.47. The standard InChI is InChI=1S/C11H20N2O/c1-4-6-9(7-5-2)10-8-11(12-3)14-13-10/h8-9,12H,4-7H2,1-3H3. The van der Waals surface area contributed by atoms with Crippen LogP contribution in [0.1, 0.15) is 51.1 Å². The fourth-order valence-electron chi connectivity index (χ4n) is 1.74. The van der Waals surface area contributed by atoms with Gasteiger partial charge in [0.2, 0.25) is 5.88 Å². The molecule has 1 rings (SSSR count). The zero-order valence-corrected chi connectivity index (χ0v) is 9.34. The van der Waals surface area contributed by atoms with Crippen molar-refractivity contribution in [1.29, 1.82) is 0 Å². The van der Waals surface area contributed by atoms with Crippen LogP contribution < -0.4 is 5.32 Å². The van der Waals surface area contributed by atoms with Crippen molar-refractivity contribution in [3.05, 3.63) is 11.8 Å². The summed E-state index contributed by atoms with van der Waals surface area (Å²) in [5.41, 5.74) is 1.10. The first-order valence-electron chi connectivity index (χ1n) is 5.46. The van der Waals surface area contributed by atoms with E-state index in [0.29, 0.717) is 5.92 Å². The second kappa shape index (κ2) is 5.68. The lowest BCUT2D eigenvalue weighted by atomic mass is 9.95. The second-order valence-corrected chi connectivity index (χ2v) is 3.64. The molecule has 3 nitrogen and oxygen atoms in total. The second-order valence-electron chi connectivity index (χ2n) is 3.64. The first-order valence-corrected chi connectivity index (χ1v) is 5.46. The maximum absolute atomic E-state index is 5.13. The average Bonchev–Trinajstić information content (AvgIpc) is 2.65. The highest BCUT2D eigenvalue weighted by Crippen LogP contribution is 2.26. The van der Waals surface area contributed by atoms with Gasteiger partial charge in [-0.25, -0.2) is 0 Å². The van der Waals surface area contributed by atoms with E-state index in [1.807, 2.05) is 13.1 Å². The summed E-state index contributed by atoms with van der Waals surface area (Å²) in [7, 11) is 1.85. The molecule has 14 heavy (non-hydrogen) atoms. The number of hydrogen-bond acceptors (Lipinski definition) is 3. The van der Waals surface area contributed by atoms with Gasteiger partial charge >= 0.3 is 0 Å². The minimum absolute atomic E-state index is 0.566. The molecule has 0 bridgehead atoms. The van der Waals surface area contributed by atoms with Gasteiger partial charge in [0, 0.05) is 19.0 Å². The molecule has 1 heterocycles. The van der Waals surface area contributed by atoms with Crippen LogP contribution in [0.3, 0.4) is 0 Å². The Morgan fingerprint density at radius 2 is 2.00 bits per heavy atom. The van der Waals surface area contributed by atoms with E-state index < -0.39 is 0 Å². The Balaban J connectivity index is 2.65. The van der Waals surface area contributed by atoms with Crippen LogP contribution in [0.25, 0.3) is 0 Å². The van der Waals surface area contributed by atoms with Crippen LogP contribution in [-0.4, -0.2) is 12.2 Å². The highest BCUT2D eigenvalue weighted by molar-refractivity contribution is 5.31. The monoisotopic (exact) mass is 196 g/mol. The van der Waals surface area contributed by atoms with Crippen LogP contribution in [0, 0.1) is 0 Å². The molecule has 0 amide bonds. The molecule has 1 N–H and O–H groups in total. The van der Waals surface area contributed by atoms with Crippen LogP contribution >= 0.6 is 0 Å². The molecule has 0 fully saturated rings. The van der Waals surface area contributed by atoms with Gasteiger partial charge in [-0.1, -0.05) is 31.8 Å². The van der Waals surface area contributed by atoms with Crippen molar-refractivity contribution in [2.45, 2.75) is 45.4 Å². The fourth-order valence-corrected chi connectivity index (χ4v) is 1.74. The normalized spacial score (nSPS) is 10.9. The van der Waals surface area contributed by atoms with Gasteiger partial charge in [-0.2, -0.15) is 0 Å².